The van der Waals surface area contributed by atoms with Gasteiger partial charge in [-0.1, -0.05) is 0 Å². The minimum absolute atomic E-state index is 0.274. The molecule has 0 saturated heterocycles. The van der Waals surface area contributed by atoms with E-state index in [1.54, 1.807) is 12.1 Å². The van der Waals surface area contributed by atoms with Crippen molar-refractivity contribution in [3.63, 3.8) is 0 Å². The molecule has 0 unspecified atom stereocenters. The van der Waals surface area contributed by atoms with Crippen LogP contribution in [0.1, 0.15) is 6.42 Å². The van der Waals surface area contributed by atoms with Crippen molar-refractivity contribution in [2.45, 2.75) is 6.42 Å². The molecule has 1 heterocycles. The van der Waals surface area contributed by atoms with E-state index >= 15 is 0 Å². The zero-order valence-electron chi connectivity index (χ0n) is 9.21. The van der Waals surface area contributed by atoms with Gasteiger partial charge in [0.1, 0.15) is 0 Å². The van der Waals surface area contributed by atoms with E-state index < -0.39 is 17.8 Å². The summed E-state index contributed by atoms with van der Waals surface area (Å²) in [4.78, 5) is 26.1. The Morgan fingerprint density at radius 3 is 2.71 bits per heavy atom. The number of pyridine rings is 1. The van der Waals surface area contributed by atoms with Crippen LogP contribution < -0.4 is 10.1 Å². The maximum absolute atomic E-state index is 11.6. The third-order valence-electron chi connectivity index (χ3n) is 2.66. The summed E-state index contributed by atoms with van der Waals surface area (Å²) < 4.78 is 4.88. The number of aliphatic carboxylic acids is 1. The summed E-state index contributed by atoms with van der Waals surface area (Å²) in [5.41, 5.74) is 0.534. The molecule has 1 aliphatic carbocycles. The van der Waals surface area contributed by atoms with E-state index in [1.807, 2.05) is 0 Å². The average Bonchev–Trinajstić information content (AvgIpc) is 3.10. The number of ether oxygens (including phenoxy) is 1. The van der Waals surface area contributed by atoms with Crippen LogP contribution in [0.15, 0.2) is 18.3 Å². The fourth-order valence-corrected chi connectivity index (χ4v) is 1.57. The number of nitrogens with one attached hydrogen (secondary N) is 1. The second kappa shape index (κ2) is 4.40. The van der Waals surface area contributed by atoms with E-state index in [2.05, 4.69) is 10.3 Å². The Morgan fingerprint density at radius 1 is 1.47 bits per heavy atom. The largest absolute Gasteiger partial charge is 0.481 e. The van der Waals surface area contributed by atoms with Gasteiger partial charge in [-0.2, -0.15) is 0 Å². The van der Waals surface area contributed by atoms with Crippen molar-refractivity contribution in [2.75, 3.05) is 12.4 Å². The number of hydrogen-bond acceptors (Lipinski definition) is 4. The third-order valence-corrected chi connectivity index (χ3v) is 2.66. The van der Waals surface area contributed by atoms with Crippen LogP contribution in [0.3, 0.4) is 0 Å². The number of rotatable bonds is 4. The van der Waals surface area contributed by atoms with Crippen molar-refractivity contribution < 1.29 is 19.4 Å². The lowest BCUT2D eigenvalue weighted by Crippen LogP contribution is -2.16. The van der Waals surface area contributed by atoms with Crippen LogP contribution in [0.2, 0.25) is 0 Å². The van der Waals surface area contributed by atoms with Gasteiger partial charge >= 0.3 is 5.97 Å². The Balaban J connectivity index is 1.93. The standard InChI is InChI=1S/C11H12N2O4/c1-17-9-3-2-6(5-12-9)13-10(14)7-4-8(7)11(15)16/h2-3,5,7-8H,4H2,1H3,(H,13,14)(H,15,16)/t7-,8+/m1/s1. The van der Waals surface area contributed by atoms with Gasteiger partial charge in [-0.3, -0.25) is 9.59 Å². The first-order valence-electron chi connectivity index (χ1n) is 5.15. The molecular weight excluding hydrogens is 224 g/mol. The topological polar surface area (TPSA) is 88.5 Å². The number of hydrogen-bond donors (Lipinski definition) is 2. The average molecular weight is 236 g/mol. The highest BCUT2D eigenvalue weighted by Crippen LogP contribution is 2.39. The number of carboxylic acid groups (broad SMARTS) is 1. The summed E-state index contributed by atoms with van der Waals surface area (Å²) in [6.45, 7) is 0. The highest BCUT2D eigenvalue weighted by atomic mass is 16.5. The van der Waals surface area contributed by atoms with Crippen molar-refractivity contribution in [2.24, 2.45) is 11.8 Å². The first kappa shape index (κ1) is 11.4. The van der Waals surface area contributed by atoms with Crippen LogP contribution >= 0.6 is 0 Å². The van der Waals surface area contributed by atoms with E-state index in [0.29, 0.717) is 18.0 Å². The minimum atomic E-state index is -0.919. The Labute approximate surface area is 97.6 Å². The highest BCUT2D eigenvalue weighted by Gasteiger charge is 2.48. The molecule has 1 fully saturated rings. The van der Waals surface area contributed by atoms with Gasteiger partial charge in [0.15, 0.2) is 0 Å². The van der Waals surface area contributed by atoms with Crippen molar-refractivity contribution in [3.05, 3.63) is 18.3 Å². The fraction of sp³-hybridized carbons (Fsp3) is 0.364. The molecule has 0 aromatic carbocycles. The number of anilines is 1. The molecular formula is C11H12N2O4. The van der Waals surface area contributed by atoms with Crippen LogP contribution in [0.5, 0.6) is 5.88 Å². The molecule has 1 aromatic rings. The van der Waals surface area contributed by atoms with Crippen LogP contribution in [0, 0.1) is 11.8 Å². The van der Waals surface area contributed by atoms with Crippen molar-refractivity contribution in [3.8, 4) is 5.88 Å². The second-order valence-corrected chi connectivity index (χ2v) is 3.87. The summed E-state index contributed by atoms with van der Waals surface area (Å²) in [5, 5.41) is 11.3. The van der Waals surface area contributed by atoms with Gasteiger partial charge in [-0.15, -0.1) is 0 Å². The van der Waals surface area contributed by atoms with E-state index in [4.69, 9.17) is 9.84 Å². The summed E-state index contributed by atoms with van der Waals surface area (Å²) in [7, 11) is 1.50. The van der Waals surface area contributed by atoms with Gasteiger partial charge in [0.2, 0.25) is 11.8 Å². The minimum Gasteiger partial charge on any atom is -0.481 e. The van der Waals surface area contributed by atoms with E-state index in [0.717, 1.165) is 0 Å². The normalized spacial score (nSPS) is 21.7. The SMILES string of the molecule is COc1ccc(NC(=O)[C@@H]2C[C@@H]2C(=O)O)cn1. The third kappa shape index (κ3) is 2.52. The maximum atomic E-state index is 11.6. The molecule has 17 heavy (non-hydrogen) atoms. The molecule has 0 spiro atoms. The lowest BCUT2D eigenvalue weighted by Gasteiger charge is -2.04. The molecule has 6 heteroatoms. The molecule has 0 radical (unpaired) electrons. The monoisotopic (exact) mass is 236 g/mol. The molecule has 6 nitrogen and oxygen atoms in total. The zero-order valence-corrected chi connectivity index (χ0v) is 9.21. The lowest BCUT2D eigenvalue weighted by molar-refractivity contribution is -0.139. The van der Waals surface area contributed by atoms with Crippen molar-refractivity contribution in [1.29, 1.82) is 0 Å². The molecule has 2 atom stereocenters. The van der Waals surface area contributed by atoms with Crippen LogP contribution in [-0.2, 0) is 9.59 Å². The summed E-state index contributed by atoms with van der Waals surface area (Å²) >= 11 is 0. The van der Waals surface area contributed by atoms with Crippen molar-refractivity contribution in [1.82, 2.24) is 4.98 Å². The lowest BCUT2D eigenvalue weighted by atomic mass is 10.3. The van der Waals surface area contributed by atoms with Gasteiger partial charge in [0, 0.05) is 6.07 Å². The molecule has 1 aromatic heterocycles. The Bertz CT molecular complexity index is 443. The maximum Gasteiger partial charge on any atom is 0.307 e. The number of nitrogens with zero attached hydrogens (tertiary/aromatic N) is 1. The summed E-state index contributed by atoms with van der Waals surface area (Å²) in [5.74, 6) is -1.70. The van der Waals surface area contributed by atoms with Crippen LogP contribution in [0.4, 0.5) is 5.69 Å². The molecule has 0 bridgehead atoms. The molecule has 2 N–H and O–H groups in total. The predicted octanol–water partition coefficient (Wildman–Crippen LogP) is 0.749. The van der Waals surface area contributed by atoms with Gasteiger partial charge in [0.25, 0.3) is 0 Å². The van der Waals surface area contributed by atoms with Gasteiger partial charge < -0.3 is 15.2 Å². The number of carbonyl (C=O) groups is 2. The molecule has 0 aliphatic heterocycles. The predicted molar refractivity (Wildman–Crippen MR) is 58.7 cm³/mol. The van der Waals surface area contributed by atoms with Gasteiger partial charge in [0.05, 0.1) is 30.8 Å². The fourth-order valence-electron chi connectivity index (χ4n) is 1.57. The van der Waals surface area contributed by atoms with Gasteiger partial charge in [-0.25, -0.2) is 4.98 Å². The molecule has 2 rings (SSSR count). The summed E-state index contributed by atoms with van der Waals surface area (Å²) in [6, 6.07) is 3.28. The quantitative estimate of drug-likeness (QED) is 0.805. The van der Waals surface area contributed by atoms with E-state index in [1.165, 1.54) is 13.3 Å². The molecule has 1 amide bonds. The van der Waals surface area contributed by atoms with Crippen LogP contribution in [-0.4, -0.2) is 29.1 Å². The Morgan fingerprint density at radius 2 is 2.24 bits per heavy atom. The van der Waals surface area contributed by atoms with Crippen LogP contribution in [0.25, 0.3) is 0 Å². The number of methoxy groups -OCH3 is 1. The first-order chi connectivity index (χ1) is 8.11. The number of aromatic nitrogens is 1. The molecule has 90 valence electrons. The highest BCUT2D eigenvalue weighted by molar-refractivity contribution is 5.98. The molecule has 1 aliphatic rings. The van der Waals surface area contributed by atoms with E-state index in [9.17, 15) is 9.59 Å². The number of carboxylic acids is 1. The van der Waals surface area contributed by atoms with Crippen molar-refractivity contribution >= 4 is 17.6 Å². The smallest absolute Gasteiger partial charge is 0.307 e. The van der Waals surface area contributed by atoms with Gasteiger partial charge in [-0.05, 0) is 12.5 Å². The summed E-state index contributed by atoms with van der Waals surface area (Å²) in [6.07, 6.45) is 1.87. The second-order valence-electron chi connectivity index (χ2n) is 3.87. The Kier molecular flexibility index (Phi) is 2.95. The first-order valence-corrected chi connectivity index (χ1v) is 5.15. The Hall–Kier alpha value is -2.11. The number of carbonyl (C=O) groups excluding carboxylic acids is 1. The number of amides is 1. The molecule has 1 saturated carbocycles. The van der Waals surface area contributed by atoms with E-state index in [-0.39, 0.29) is 5.91 Å². The zero-order chi connectivity index (χ0) is 12.4.